The summed E-state index contributed by atoms with van der Waals surface area (Å²) in [6.45, 7) is 4.04. The standard InChI is InChI=1S/C12H14N4O/c1-3-8-6-4-5-7(2)9(8)10-11(12(13)17)15-16-14-10/h4-6H,3H2,1-2H3,(H2,13,17)(H,14,15,16). The number of nitrogens with zero attached hydrogens (tertiary/aromatic N) is 2. The molecule has 5 nitrogen and oxygen atoms in total. The Balaban J connectivity index is 2.68. The lowest BCUT2D eigenvalue weighted by Crippen LogP contribution is -2.13. The predicted molar refractivity (Wildman–Crippen MR) is 64.5 cm³/mol. The molecule has 0 aliphatic carbocycles. The Bertz CT molecular complexity index is 559. The summed E-state index contributed by atoms with van der Waals surface area (Å²) in [5, 5.41) is 10.3. The minimum Gasteiger partial charge on any atom is -0.364 e. The van der Waals surface area contributed by atoms with Crippen LogP contribution in [0.1, 0.15) is 28.5 Å². The fourth-order valence-electron chi connectivity index (χ4n) is 1.94. The second-order valence-corrected chi connectivity index (χ2v) is 3.85. The largest absolute Gasteiger partial charge is 0.364 e. The van der Waals surface area contributed by atoms with E-state index in [2.05, 4.69) is 22.3 Å². The highest BCUT2D eigenvalue weighted by Gasteiger charge is 2.18. The zero-order valence-electron chi connectivity index (χ0n) is 9.82. The van der Waals surface area contributed by atoms with E-state index < -0.39 is 5.91 Å². The Hall–Kier alpha value is -2.17. The summed E-state index contributed by atoms with van der Waals surface area (Å²) in [7, 11) is 0. The lowest BCUT2D eigenvalue weighted by Gasteiger charge is -2.09. The molecule has 0 saturated carbocycles. The second kappa shape index (κ2) is 4.37. The molecule has 0 unspecified atom stereocenters. The van der Waals surface area contributed by atoms with Gasteiger partial charge in [-0.05, 0) is 24.5 Å². The number of H-pyrrole nitrogens is 1. The molecule has 1 amide bonds. The third-order valence-corrected chi connectivity index (χ3v) is 2.76. The van der Waals surface area contributed by atoms with Crippen molar-refractivity contribution in [2.24, 2.45) is 5.73 Å². The highest BCUT2D eigenvalue weighted by molar-refractivity contribution is 5.97. The van der Waals surface area contributed by atoms with Crippen LogP contribution >= 0.6 is 0 Å². The van der Waals surface area contributed by atoms with E-state index in [1.807, 2.05) is 25.1 Å². The highest BCUT2D eigenvalue weighted by Crippen LogP contribution is 2.27. The van der Waals surface area contributed by atoms with Crippen LogP contribution in [0.3, 0.4) is 0 Å². The number of aryl methyl sites for hydroxylation is 2. The van der Waals surface area contributed by atoms with E-state index in [9.17, 15) is 4.79 Å². The molecular formula is C12H14N4O. The van der Waals surface area contributed by atoms with E-state index in [1.54, 1.807) is 0 Å². The van der Waals surface area contributed by atoms with Gasteiger partial charge in [-0.3, -0.25) is 4.79 Å². The molecule has 88 valence electrons. The summed E-state index contributed by atoms with van der Waals surface area (Å²) in [5.74, 6) is -0.570. The molecule has 5 heteroatoms. The number of carbonyl (C=O) groups is 1. The average Bonchev–Trinajstić information content (AvgIpc) is 2.77. The minimum absolute atomic E-state index is 0.189. The van der Waals surface area contributed by atoms with Gasteiger partial charge in [0.15, 0.2) is 5.69 Å². The van der Waals surface area contributed by atoms with E-state index >= 15 is 0 Å². The Kier molecular flexibility index (Phi) is 2.91. The number of hydrogen-bond donors (Lipinski definition) is 2. The lowest BCUT2D eigenvalue weighted by atomic mass is 9.96. The molecule has 17 heavy (non-hydrogen) atoms. The minimum atomic E-state index is -0.570. The first-order valence-electron chi connectivity index (χ1n) is 5.44. The van der Waals surface area contributed by atoms with Crippen LogP contribution < -0.4 is 5.73 Å². The smallest absolute Gasteiger partial charge is 0.271 e. The van der Waals surface area contributed by atoms with Gasteiger partial charge in [0.2, 0.25) is 0 Å². The second-order valence-electron chi connectivity index (χ2n) is 3.85. The van der Waals surface area contributed by atoms with Crippen molar-refractivity contribution in [1.29, 1.82) is 0 Å². The number of nitrogens with one attached hydrogen (secondary N) is 1. The molecule has 0 fully saturated rings. The van der Waals surface area contributed by atoms with Crippen LogP contribution in [0.5, 0.6) is 0 Å². The summed E-state index contributed by atoms with van der Waals surface area (Å²) in [4.78, 5) is 11.3. The number of hydrogen-bond acceptors (Lipinski definition) is 3. The fourth-order valence-corrected chi connectivity index (χ4v) is 1.94. The summed E-state index contributed by atoms with van der Waals surface area (Å²) >= 11 is 0. The van der Waals surface area contributed by atoms with Crippen molar-refractivity contribution in [3.05, 3.63) is 35.0 Å². The van der Waals surface area contributed by atoms with Gasteiger partial charge in [0.05, 0.1) is 0 Å². The van der Waals surface area contributed by atoms with Gasteiger partial charge < -0.3 is 5.73 Å². The molecule has 2 rings (SSSR count). The normalized spacial score (nSPS) is 10.5. The van der Waals surface area contributed by atoms with Crippen LogP contribution in [0.25, 0.3) is 11.3 Å². The molecule has 0 spiro atoms. The Morgan fingerprint density at radius 3 is 2.82 bits per heavy atom. The Labute approximate surface area is 99.0 Å². The average molecular weight is 230 g/mol. The van der Waals surface area contributed by atoms with Crippen LogP contribution in [0.2, 0.25) is 0 Å². The molecule has 0 saturated heterocycles. The van der Waals surface area contributed by atoms with Crippen LogP contribution in [0.4, 0.5) is 0 Å². The maximum Gasteiger partial charge on any atom is 0.271 e. The first kappa shape index (κ1) is 11.3. The lowest BCUT2D eigenvalue weighted by molar-refractivity contribution is 0.0996. The van der Waals surface area contributed by atoms with Crippen molar-refractivity contribution in [3.63, 3.8) is 0 Å². The predicted octanol–water partition coefficient (Wildman–Crippen LogP) is 1.44. The van der Waals surface area contributed by atoms with Crippen molar-refractivity contribution in [2.75, 3.05) is 0 Å². The zero-order valence-corrected chi connectivity index (χ0v) is 9.82. The first-order chi connectivity index (χ1) is 8.15. The van der Waals surface area contributed by atoms with E-state index in [0.717, 1.165) is 23.1 Å². The Morgan fingerprint density at radius 1 is 1.41 bits per heavy atom. The van der Waals surface area contributed by atoms with Gasteiger partial charge in [-0.25, -0.2) is 0 Å². The number of rotatable bonds is 3. The number of carbonyl (C=O) groups excluding carboxylic acids is 1. The van der Waals surface area contributed by atoms with Crippen LogP contribution in [-0.2, 0) is 6.42 Å². The quantitative estimate of drug-likeness (QED) is 0.836. The molecule has 0 radical (unpaired) electrons. The van der Waals surface area contributed by atoms with Gasteiger partial charge in [-0.15, -0.1) is 0 Å². The van der Waals surface area contributed by atoms with E-state index in [-0.39, 0.29) is 5.69 Å². The molecule has 3 N–H and O–H groups in total. The summed E-state index contributed by atoms with van der Waals surface area (Å²) < 4.78 is 0. The van der Waals surface area contributed by atoms with Crippen molar-refractivity contribution >= 4 is 5.91 Å². The maximum atomic E-state index is 11.3. The third-order valence-electron chi connectivity index (χ3n) is 2.76. The van der Waals surface area contributed by atoms with E-state index in [0.29, 0.717) is 5.69 Å². The summed E-state index contributed by atoms with van der Waals surface area (Å²) in [5.41, 5.74) is 9.12. The van der Waals surface area contributed by atoms with E-state index in [4.69, 9.17) is 5.73 Å². The molecule has 0 atom stereocenters. The fraction of sp³-hybridized carbons (Fsp3) is 0.250. The Morgan fingerprint density at radius 2 is 2.18 bits per heavy atom. The number of nitrogens with two attached hydrogens (primary N) is 1. The number of primary amides is 1. The molecule has 1 aromatic carbocycles. The molecule has 1 heterocycles. The molecule has 1 aromatic heterocycles. The van der Waals surface area contributed by atoms with Crippen molar-refractivity contribution in [2.45, 2.75) is 20.3 Å². The summed E-state index contributed by atoms with van der Waals surface area (Å²) in [6.07, 6.45) is 0.863. The van der Waals surface area contributed by atoms with Gasteiger partial charge in [0.25, 0.3) is 5.91 Å². The number of benzene rings is 1. The number of amides is 1. The van der Waals surface area contributed by atoms with Gasteiger partial charge in [0, 0.05) is 5.56 Å². The van der Waals surface area contributed by atoms with Crippen molar-refractivity contribution < 1.29 is 4.79 Å². The van der Waals surface area contributed by atoms with Crippen molar-refractivity contribution in [3.8, 4) is 11.3 Å². The van der Waals surface area contributed by atoms with Gasteiger partial charge in [0.1, 0.15) is 5.69 Å². The highest BCUT2D eigenvalue weighted by atomic mass is 16.1. The van der Waals surface area contributed by atoms with Crippen LogP contribution in [0.15, 0.2) is 18.2 Å². The summed E-state index contributed by atoms with van der Waals surface area (Å²) in [6, 6.07) is 5.98. The van der Waals surface area contributed by atoms with Gasteiger partial charge in [-0.2, -0.15) is 15.4 Å². The van der Waals surface area contributed by atoms with E-state index in [1.165, 1.54) is 0 Å². The molecule has 0 aliphatic heterocycles. The van der Waals surface area contributed by atoms with Crippen molar-refractivity contribution in [1.82, 2.24) is 15.4 Å². The maximum absolute atomic E-state index is 11.3. The number of aromatic nitrogens is 3. The van der Waals surface area contributed by atoms with Crippen LogP contribution in [0, 0.1) is 6.92 Å². The topological polar surface area (TPSA) is 84.7 Å². The monoisotopic (exact) mass is 230 g/mol. The molecular weight excluding hydrogens is 216 g/mol. The first-order valence-corrected chi connectivity index (χ1v) is 5.44. The third kappa shape index (κ3) is 1.91. The van der Waals surface area contributed by atoms with Gasteiger partial charge in [-0.1, -0.05) is 25.1 Å². The van der Waals surface area contributed by atoms with Gasteiger partial charge >= 0.3 is 0 Å². The molecule has 0 aliphatic rings. The SMILES string of the molecule is CCc1cccc(C)c1-c1n[nH]nc1C(N)=O. The molecule has 2 aromatic rings. The van der Waals surface area contributed by atoms with Crippen LogP contribution in [-0.4, -0.2) is 21.3 Å². The molecule has 0 bridgehead atoms. The zero-order chi connectivity index (χ0) is 12.4. The number of aromatic amines is 1.